The van der Waals surface area contributed by atoms with Gasteiger partial charge in [0.05, 0.1) is 5.56 Å². The summed E-state index contributed by atoms with van der Waals surface area (Å²) >= 11 is 0. The lowest BCUT2D eigenvalue weighted by Crippen LogP contribution is -2.16. The summed E-state index contributed by atoms with van der Waals surface area (Å²) in [7, 11) is 0. The minimum atomic E-state index is -0.204. The Morgan fingerprint density at radius 3 is 2.54 bits per heavy atom. The zero-order chi connectivity index (χ0) is 18.8. The third kappa shape index (κ3) is 3.49. The van der Waals surface area contributed by atoms with Gasteiger partial charge in [0.25, 0.3) is 5.91 Å². The lowest BCUT2D eigenvalue weighted by atomic mass is 10.0. The van der Waals surface area contributed by atoms with Crippen molar-refractivity contribution in [1.29, 1.82) is 0 Å². The normalized spacial score (nSPS) is 10.8. The highest BCUT2D eigenvalue weighted by Crippen LogP contribution is 2.29. The van der Waals surface area contributed by atoms with Crippen molar-refractivity contribution in [3.8, 4) is 11.4 Å². The van der Waals surface area contributed by atoms with Gasteiger partial charge < -0.3 is 9.84 Å². The van der Waals surface area contributed by atoms with Crippen LogP contribution in [0.5, 0.6) is 0 Å². The van der Waals surface area contributed by atoms with Crippen LogP contribution >= 0.6 is 0 Å². The van der Waals surface area contributed by atoms with E-state index in [0.717, 1.165) is 22.4 Å². The largest absolute Gasteiger partial charge is 0.339 e. The summed E-state index contributed by atoms with van der Waals surface area (Å²) in [5.74, 6) is 1.22. The second kappa shape index (κ2) is 7.07. The SMILES string of the molecule is CCc1nc(-c2c(C)cc(C)nc2NC(=O)c2cc(C)ccc2C)no1. The summed E-state index contributed by atoms with van der Waals surface area (Å²) in [6.45, 7) is 9.65. The molecular weight excluding hydrogens is 328 g/mol. The minimum Gasteiger partial charge on any atom is -0.339 e. The molecule has 2 heterocycles. The fraction of sp³-hybridized carbons (Fsp3) is 0.300. The Bertz CT molecular complexity index is 976. The molecule has 0 aliphatic rings. The van der Waals surface area contributed by atoms with Crippen LogP contribution < -0.4 is 5.32 Å². The number of nitrogens with zero attached hydrogens (tertiary/aromatic N) is 3. The molecule has 2 aromatic heterocycles. The fourth-order valence-electron chi connectivity index (χ4n) is 2.86. The number of amides is 1. The van der Waals surface area contributed by atoms with Gasteiger partial charge in [-0.3, -0.25) is 4.79 Å². The Labute approximate surface area is 152 Å². The Balaban J connectivity index is 2.04. The monoisotopic (exact) mass is 350 g/mol. The zero-order valence-corrected chi connectivity index (χ0v) is 15.7. The van der Waals surface area contributed by atoms with Crippen molar-refractivity contribution in [1.82, 2.24) is 15.1 Å². The molecule has 0 spiro atoms. The van der Waals surface area contributed by atoms with E-state index in [2.05, 4.69) is 20.4 Å². The third-order valence-electron chi connectivity index (χ3n) is 4.21. The lowest BCUT2D eigenvalue weighted by Gasteiger charge is -2.13. The highest BCUT2D eigenvalue weighted by molar-refractivity contribution is 6.06. The maximum Gasteiger partial charge on any atom is 0.257 e. The van der Waals surface area contributed by atoms with Crippen molar-refractivity contribution in [3.63, 3.8) is 0 Å². The average Bonchev–Trinajstić information content (AvgIpc) is 3.05. The molecule has 1 N–H and O–H groups in total. The first-order valence-electron chi connectivity index (χ1n) is 8.58. The van der Waals surface area contributed by atoms with E-state index in [0.29, 0.717) is 35.1 Å². The number of carbonyl (C=O) groups excluding carboxylic acids is 1. The standard InChI is InChI=1S/C20H22N4O2/c1-6-16-22-19(24-26-16)17-13(4)10-14(5)21-18(17)23-20(25)15-9-11(2)7-8-12(15)3/h7-10H,6H2,1-5H3,(H,21,23,25). The predicted octanol–water partition coefficient (Wildman–Crippen LogP) is 4.18. The van der Waals surface area contributed by atoms with Gasteiger partial charge in [-0.15, -0.1) is 0 Å². The Hall–Kier alpha value is -3.02. The van der Waals surface area contributed by atoms with Gasteiger partial charge in [0, 0.05) is 17.7 Å². The number of aromatic nitrogens is 3. The number of nitrogens with one attached hydrogen (secondary N) is 1. The van der Waals surface area contributed by atoms with Crippen LogP contribution in [0.1, 0.15) is 45.6 Å². The van der Waals surface area contributed by atoms with Gasteiger partial charge in [0.1, 0.15) is 5.82 Å². The molecule has 0 radical (unpaired) electrons. The van der Waals surface area contributed by atoms with Crippen LogP contribution in [0, 0.1) is 27.7 Å². The molecule has 6 heteroatoms. The van der Waals surface area contributed by atoms with Crippen LogP contribution in [0.3, 0.4) is 0 Å². The van der Waals surface area contributed by atoms with Crippen LogP contribution in [0.4, 0.5) is 5.82 Å². The van der Waals surface area contributed by atoms with Crippen LogP contribution in [0.2, 0.25) is 0 Å². The van der Waals surface area contributed by atoms with Crippen molar-refractivity contribution >= 4 is 11.7 Å². The Morgan fingerprint density at radius 1 is 1.08 bits per heavy atom. The minimum absolute atomic E-state index is 0.204. The summed E-state index contributed by atoms with van der Waals surface area (Å²) in [6, 6.07) is 7.73. The summed E-state index contributed by atoms with van der Waals surface area (Å²) in [5, 5.41) is 6.97. The van der Waals surface area contributed by atoms with E-state index in [4.69, 9.17) is 4.52 Å². The molecular formula is C20H22N4O2. The first-order chi connectivity index (χ1) is 12.4. The van der Waals surface area contributed by atoms with Crippen LogP contribution in [0.15, 0.2) is 28.8 Å². The number of pyridine rings is 1. The Morgan fingerprint density at radius 2 is 1.85 bits per heavy atom. The zero-order valence-electron chi connectivity index (χ0n) is 15.7. The van der Waals surface area contributed by atoms with Crippen molar-refractivity contribution in [2.24, 2.45) is 0 Å². The number of hydrogen-bond donors (Lipinski definition) is 1. The summed E-state index contributed by atoms with van der Waals surface area (Å²) in [5.41, 5.74) is 4.97. The predicted molar refractivity (Wildman–Crippen MR) is 100 cm³/mol. The van der Waals surface area contributed by atoms with E-state index in [1.807, 2.05) is 58.9 Å². The van der Waals surface area contributed by atoms with Gasteiger partial charge in [0.15, 0.2) is 0 Å². The molecule has 0 saturated carbocycles. The van der Waals surface area contributed by atoms with Crippen LogP contribution in [-0.4, -0.2) is 21.0 Å². The maximum absolute atomic E-state index is 12.8. The average molecular weight is 350 g/mol. The first-order valence-corrected chi connectivity index (χ1v) is 8.58. The highest BCUT2D eigenvalue weighted by Gasteiger charge is 2.19. The maximum atomic E-state index is 12.8. The van der Waals surface area contributed by atoms with Crippen molar-refractivity contribution < 1.29 is 9.32 Å². The number of aryl methyl sites for hydroxylation is 5. The van der Waals surface area contributed by atoms with E-state index in [1.54, 1.807) is 0 Å². The number of carbonyl (C=O) groups is 1. The fourth-order valence-corrected chi connectivity index (χ4v) is 2.86. The van der Waals surface area contributed by atoms with Crippen LogP contribution in [0.25, 0.3) is 11.4 Å². The number of anilines is 1. The van der Waals surface area contributed by atoms with E-state index in [9.17, 15) is 4.79 Å². The molecule has 0 aliphatic heterocycles. The summed E-state index contributed by atoms with van der Waals surface area (Å²) in [4.78, 5) is 21.7. The number of benzene rings is 1. The molecule has 1 amide bonds. The number of rotatable bonds is 4. The van der Waals surface area contributed by atoms with Gasteiger partial charge in [-0.1, -0.05) is 29.8 Å². The summed E-state index contributed by atoms with van der Waals surface area (Å²) < 4.78 is 5.23. The second-order valence-electron chi connectivity index (χ2n) is 6.44. The molecule has 1 aromatic carbocycles. The van der Waals surface area contributed by atoms with E-state index >= 15 is 0 Å². The molecule has 3 rings (SSSR count). The third-order valence-corrected chi connectivity index (χ3v) is 4.21. The molecule has 6 nitrogen and oxygen atoms in total. The highest BCUT2D eigenvalue weighted by atomic mass is 16.5. The van der Waals surface area contributed by atoms with Crippen molar-refractivity contribution in [3.05, 3.63) is 58.1 Å². The molecule has 0 unspecified atom stereocenters. The van der Waals surface area contributed by atoms with Crippen molar-refractivity contribution in [2.45, 2.75) is 41.0 Å². The summed E-state index contributed by atoms with van der Waals surface area (Å²) in [6.07, 6.45) is 0.648. The molecule has 0 aliphatic carbocycles. The van der Waals surface area contributed by atoms with E-state index in [1.165, 1.54) is 0 Å². The molecule has 134 valence electrons. The second-order valence-corrected chi connectivity index (χ2v) is 6.44. The van der Waals surface area contributed by atoms with Crippen LogP contribution in [-0.2, 0) is 6.42 Å². The van der Waals surface area contributed by atoms with Gasteiger partial charge in [0.2, 0.25) is 11.7 Å². The molecule has 0 atom stereocenters. The van der Waals surface area contributed by atoms with E-state index < -0.39 is 0 Å². The van der Waals surface area contributed by atoms with Gasteiger partial charge in [-0.25, -0.2) is 4.98 Å². The lowest BCUT2D eigenvalue weighted by molar-refractivity contribution is 0.102. The topological polar surface area (TPSA) is 80.9 Å². The first kappa shape index (κ1) is 17.8. The van der Waals surface area contributed by atoms with Gasteiger partial charge >= 0.3 is 0 Å². The molecule has 0 saturated heterocycles. The molecule has 0 bridgehead atoms. The van der Waals surface area contributed by atoms with Gasteiger partial charge in [-0.2, -0.15) is 4.98 Å². The molecule has 3 aromatic rings. The van der Waals surface area contributed by atoms with Crippen molar-refractivity contribution in [2.75, 3.05) is 5.32 Å². The molecule has 0 fully saturated rings. The molecule has 26 heavy (non-hydrogen) atoms. The smallest absolute Gasteiger partial charge is 0.257 e. The van der Waals surface area contributed by atoms with Gasteiger partial charge in [-0.05, 0) is 51.0 Å². The Kier molecular flexibility index (Phi) is 4.84. The number of hydrogen-bond acceptors (Lipinski definition) is 5. The quantitative estimate of drug-likeness (QED) is 0.763. The van der Waals surface area contributed by atoms with E-state index in [-0.39, 0.29) is 5.91 Å².